The van der Waals surface area contributed by atoms with Crippen LogP contribution in [-0.4, -0.2) is 14.2 Å². The lowest BCUT2D eigenvalue weighted by Crippen LogP contribution is -2.15. The van der Waals surface area contributed by atoms with Gasteiger partial charge in [0.05, 0.1) is 14.2 Å². The first-order valence-electron chi connectivity index (χ1n) is 8.20. The molecular weight excluding hydrogens is 272 g/mol. The third-order valence-electron chi connectivity index (χ3n) is 5.89. The molecule has 0 radical (unpaired) electrons. The SMILES string of the molecule is CCCC1C(C)(c2ccc(OC)cc2)[C@]12C=CC(OC)=CC2. The number of allylic oxidation sites excluding steroid dienone is 3. The fraction of sp³-hybridized carbons (Fsp3) is 0.500. The summed E-state index contributed by atoms with van der Waals surface area (Å²) in [7, 11) is 3.46. The van der Waals surface area contributed by atoms with Crippen molar-refractivity contribution >= 4 is 0 Å². The summed E-state index contributed by atoms with van der Waals surface area (Å²) in [6.45, 7) is 4.70. The van der Waals surface area contributed by atoms with Crippen LogP contribution in [0.15, 0.2) is 48.3 Å². The summed E-state index contributed by atoms with van der Waals surface area (Å²) in [6, 6.07) is 8.64. The van der Waals surface area contributed by atoms with Crippen LogP contribution >= 0.6 is 0 Å². The molecule has 0 amide bonds. The van der Waals surface area contributed by atoms with Gasteiger partial charge in [0, 0.05) is 10.8 Å². The molecule has 3 rings (SSSR count). The van der Waals surface area contributed by atoms with Crippen molar-refractivity contribution in [1.29, 1.82) is 0 Å². The molecule has 1 aromatic carbocycles. The van der Waals surface area contributed by atoms with Crippen molar-refractivity contribution in [2.75, 3.05) is 14.2 Å². The van der Waals surface area contributed by atoms with Gasteiger partial charge in [0.2, 0.25) is 0 Å². The van der Waals surface area contributed by atoms with Gasteiger partial charge in [-0.1, -0.05) is 38.5 Å². The van der Waals surface area contributed by atoms with Gasteiger partial charge in [0.25, 0.3) is 0 Å². The largest absolute Gasteiger partial charge is 0.497 e. The second kappa shape index (κ2) is 5.49. The second-order valence-corrected chi connectivity index (χ2v) is 6.66. The van der Waals surface area contributed by atoms with Gasteiger partial charge in [-0.15, -0.1) is 0 Å². The number of methoxy groups -OCH3 is 2. The summed E-state index contributed by atoms with van der Waals surface area (Å²) in [5, 5.41) is 0. The summed E-state index contributed by atoms with van der Waals surface area (Å²) in [5.74, 6) is 2.61. The Morgan fingerprint density at radius 3 is 2.36 bits per heavy atom. The highest BCUT2D eigenvalue weighted by molar-refractivity contribution is 5.48. The number of hydrogen-bond donors (Lipinski definition) is 0. The Labute approximate surface area is 133 Å². The molecule has 2 nitrogen and oxygen atoms in total. The van der Waals surface area contributed by atoms with Crippen LogP contribution in [0.3, 0.4) is 0 Å². The van der Waals surface area contributed by atoms with Crippen molar-refractivity contribution in [3.05, 3.63) is 53.8 Å². The minimum atomic E-state index is 0.210. The van der Waals surface area contributed by atoms with Gasteiger partial charge in [0.1, 0.15) is 11.5 Å². The molecule has 22 heavy (non-hydrogen) atoms. The lowest BCUT2D eigenvalue weighted by Gasteiger charge is -2.22. The standard InChI is InChI=1S/C20H26O2/c1-5-6-18-19(2,15-7-9-16(21-3)10-8-15)20(18)13-11-17(22-4)12-14-20/h7-13,18H,5-6,14H2,1-4H3/t18?,19?,20-/m0/s1. The van der Waals surface area contributed by atoms with Crippen LogP contribution in [0.2, 0.25) is 0 Å². The average molecular weight is 298 g/mol. The molecule has 2 aliphatic rings. The molecule has 2 aliphatic carbocycles. The molecule has 1 fully saturated rings. The molecule has 0 aliphatic heterocycles. The second-order valence-electron chi connectivity index (χ2n) is 6.66. The van der Waals surface area contributed by atoms with Gasteiger partial charge in [-0.05, 0) is 48.6 Å². The van der Waals surface area contributed by atoms with Gasteiger partial charge in [-0.2, -0.15) is 0 Å². The first kappa shape index (κ1) is 15.2. The van der Waals surface area contributed by atoms with Crippen LogP contribution in [0, 0.1) is 11.3 Å². The number of ether oxygens (including phenoxy) is 2. The van der Waals surface area contributed by atoms with Crippen LogP contribution < -0.4 is 4.74 Å². The molecule has 118 valence electrons. The maximum absolute atomic E-state index is 5.37. The Morgan fingerprint density at radius 2 is 1.86 bits per heavy atom. The van der Waals surface area contributed by atoms with Crippen molar-refractivity contribution < 1.29 is 9.47 Å². The Kier molecular flexibility index (Phi) is 3.80. The monoisotopic (exact) mass is 298 g/mol. The third-order valence-corrected chi connectivity index (χ3v) is 5.89. The maximum Gasteiger partial charge on any atom is 0.118 e. The van der Waals surface area contributed by atoms with E-state index in [1.807, 2.05) is 0 Å². The molecule has 1 aromatic rings. The van der Waals surface area contributed by atoms with E-state index in [-0.39, 0.29) is 10.8 Å². The molecule has 0 N–H and O–H groups in total. The van der Waals surface area contributed by atoms with E-state index >= 15 is 0 Å². The number of rotatable bonds is 5. The fourth-order valence-corrected chi connectivity index (χ4v) is 4.50. The first-order chi connectivity index (χ1) is 10.6. The maximum atomic E-state index is 5.37. The minimum Gasteiger partial charge on any atom is -0.497 e. The zero-order valence-corrected chi connectivity index (χ0v) is 14.1. The molecule has 2 unspecified atom stereocenters. The Morgan fingerprint density at radius 1 is 1.14 bits per heavy atom. The summed E-state index contributed by atoms with van der Waals surface area (Å²) in [6.07, 6.45) is 10.4. The van der Waals surface area contributed by atoms with Gasteiger partial charge >= 0.3 is 0 Å². The lowest BCUT2D eigenvalue weighted by atomic mass is 9.83. The molecule has 0 bridgehead atoms. The molecule has 2 heteroatoms. The van der Waals surface area contributed by atoms with E-state index in [0.29, 0.717) is 5.92 Å². The predicted molar refractivity (Wildman–Crippen MR) is 90.0 cm³/mol. The summed E-state index contributed by atoms with van der Waals surface area (Å²) >= 11 is 0. The number of benzene rings is 1. The van der Waals surface area contributed by atoms with E-state index in [2.05, 4.69) is 56.3 Å². The number of hydrogen-bond acceptors (Lipinski definition) is 2. The van der Waals surface area contributed by atoms with Crippen molar-refractivity contribution in [3.63, 3.8) is 0 Å². The zero-order chi connectivity index (χ0) is 15.8. The van der Waals surface area contributed by atoms with Gasteiger partial charge < -0.3 is 9.47 Å². The zero-order valence-electron chi connectivity index (χ0n) is 14.1. The lowest BCUT2D eigenvalue weighted by molar-refractivity contribution is 0.298. The molecule has 1 spiro atoms. The highest BCUT2D eigenvalue weighted by Gasteiger charge is 2.71. The molecule has 0 aromatic heterocycles. The van der Waals surface area contributed by atoms with Crippen molar-refractivity contribution in [2.45, 2.75) is 38.5 Å². The van der Waals surface area contributed by atoms with Crippen LogP contribution in [-0.2, 0) is 10.2 Å². The summed E-state index contributed by atoms with van der Waals surface area (Å²) < 4.78 is 10.7. The summed E-state index contributed by atoms with van der Waals surface area (Å²) in [4.78, 5) is 0. The van der Waals surface area contributed by atoms with Crippen LogP contribution in [0.5, 0.6) is 5.75 Å². The molecule has 0 heterocycles. The van der Waals surface area contributed by atoms with E-state index in [9.17, 15) is 0 Å². The minimum absolute atomic E-state index is 0.210. The molecule has 0 saturated heterocycles. The average Bonchev–Trinajstić information content (AvgIpc) is 3.07. The van der Waals surface area contributed by atoms with Crippen molar-refractivity contribution in [1.82, 2.24) is 0 Å². The van der Waals surface area contributed by atoms with Crippen LogP contribution in [0.4, 0.5) is 0 Å². The molecule has 3 atom stereocenters. The summed E-state index contributed by atoms with van der Waals surface area (Å²) in [5.41, 5.74) is 1.88. The smallest absolute Gasteiger partial charge is 0.118 e. The first-order valence-corrected chi connectivity index (χ1v) is 8.20. The van der Waals surface area contributed by atoms with Crippen molar-refractivity contribution in [3.8, 4) is 5.75 Å². The molecule has 1 saturated carbocycles. The Hall–Kier alpha value is -1.70. The predicted octanol–water partition coefficient (Wildman–Crippen LogP) is 4.86. The highest BCUT2D eigenvalue weighted by atomic mass is 16.5. The van der Waals surface area contributed by atoms with Crippen LogP contribution in [0.25, 0.3) is 0 Å². The van der Waals surface area contributed by atoms with E-state index in [1.165, 1.54) is 18.4 Å². The van der Waals surface area contributed by atoms with Gasteiger partial charge in [0.15, 0.2) is 0 Å². The fourth-order valence-electron chi connectivity index (χ4n) is 4.50. The Balaban J connectivity index is 1.93. The van der Waals surface area contributed by atoms with Crippen LogP contribution in [0.1, 0.15) is 38.7 Å². The van der Waals surface area contributed by atoms with E-state index in [4.69, 9.17) is 9.47 Å². The normalized spacial score (nSPS) is 32.7. The van der Waals surface area contributed by atoms with E-state index in [1.54, 1.807) is 14.2 Å². The third kappa shape index (κ3) is 2.00. The van der Waals surface area contributed by atoms with Gasteiger partial charge in [-0.3, -0.25) is 0 Å². The van der Waals surface area contributed by atoms with E-state index < -0.39 is 0 Å². The topological polar surface area (TPSA) is 18.5 Å². The van der Waals surface area contributed by atoms with Gasteiger partial charge in [-0.25, -0.2) is 0 Å². The highest BCUT2D eigenvalue weighted by Crippen LogP contribution is 2.74. The van der Waals surface area contributed by atoms with E-state index in [0.717, 1.165) is 17.9 Å². The molecular formula is C20H26O2. The van der Waals surface area contributed by atoms with Crippen molar-refractivity contribution in [2.24, 2.45) is 11.3 Å². The quantitative estimate of drug-likeness (QED) is 0.773. The Bertz CT molecular complexity index is 599.